The van der Waals surface area contributed by atoms with E-state index in [4.69, 9.17) is 4.74 Å². The van der Waals surface area contributed by atoms with E-state index in [-0.39, 0.29) is 18.2 Å². The number of hydrogen-bond donors (Lipinski definition) is 2. The Hall–Kier alpha value is -2.41. The first-order chi connectivity index (χ1) is 10.9. The molecule has 23 heavy (non-hydrogen) atoms. The van der Waals surface area contributed by atoms with Crippen molar-refractivity contribution >= 4 is 11.7 Å². The minimum Gasteiger partial charge on any atom is -0.463 e. The highest BCUT2D eigenvalue weighted by Gasteiger charge is 2.14. The topological polar surface area (TPSA) is 102 Å². The number of carbonyl (C=O) groups excluding carboxylic acids is 1. The zero-order valence-electron chi connectivity index (χ0n) is 13.5. The number of rotatable bonds is 8. The van der Waals surface area contributed by atoms with Gasteiger partial charge in [-0.05, 0) is 38.0 Å². The van der Waals surface area contributed by atoms with Crippen LogP contribution in [0, 0.1) is 10.1 Å². The summed E-state index contributed by atoms with van der Waals surface area (Å²) in [6.45, 7) is 5.84. The first-order valence-electron chi connectivity index (χ1n) is 7.43. The second kappa shape index (κ2) is 8.89. The number of benzene rings is 1. The van der Waals surface area contributed by atoms with Gasteiger partial charge < -0.3 is 15.2 Å². The molecule has 0 aliphatic heterocycles. The molecule has 0 aliphatic rings. The van der Waals surface area contributed by atoms with Crippen LogP contribution in [0.5, 0.6) is 0 Å². The van der Waals surface area contributed by atoms with Gasteiger partial charge in [0.25, 0.3) is 5.69 Å². The van der Waals surface area contributed by atoms with Crippen molar-refractivity contribution in [2.75, 3.05) is 13.2 Å². The number of nitro groups is 1. The molecule has 1 aromatic rings. The normalized spacial score (nSPS) is 13.0. The number of non-ortho nitro benzene ring substituents is 1. The lowest BCUT2D eigenvalue weighted by atomic mass is 10.1. The Balaban J connectivity index is 2.71. The Bertz CT molecular complexity index is 581. The lowest BCUT2D eigenvalue weighted by molar-refractivity contribution is -0.384. The van der Waals surface area contributed by atoms with E-state index in [1.807, 2.05) is 6.92 Å². The number of hydrogen-bond acceptors (Lipinski definition) is 6. The standard InChI is InChI=1S/C16H22N2O5/c1-4-14(16(20)23-5-2)11(3)17-10-15(19)12-6-8-13(9-7-12)18(21)22/h6-9,15,17,19H,4-5,10H2,1-3H3/b14-11-/t15-/m1/s1. The zero-order valence-corrected chi connectivity index (χ0v) is 13.5. The molecule has 0 bridgehead atoms. The van der Waals surface area contributed by atoms with Crippen LogP contribution >= 0.6 is 0 Å². The van der Waals surface area contributed by atoms with Crippen LogP contribution < -0.4 is 5.32 Å². The Labute approximate surface area is 135 Å². The van der Waals surface area contributed by atoms with Crippen molar-refractivity contribution in [3.63, 3.8) is 0 Å². The van der Waals surface area contributed by atoms with Crippen LogP contribution in [0.25, 0.3) is 0 Å². The highest BCUT2D eigenvalue weighted by atomic mass is 16.6. The summed E-state index contributed by atoms with van der Waals surface area (Å²) in [5.74, 6) is -0.371. The molecule has 0 amide bonds. The van der Waals surface area contributed by atoms with Crippen LogP contribution in [0.3, 0.4) is 0 Å². The molecular formula is C16H22N2O5. The van der Waals surface area contributed by atoms with Gasteiger partial charge in [-0.15, -0.1) is 0 Å². The van der Waals surface area contributed by atoms with Crippen molar-refractivity contribution in [3.8, 4) is 0 Å². The molecule has 0 radical (unpaired) electrons. The second-order valence-corrected chi connectivity index (χ2v) is 4.92. The van der Waals surface area contributed by atoms with Gasteiger partial charge in [-0.1, -0.05) is 6.92 Å². The Morgan fingerprint density at radius 1 is 1.35 bits per heavy atom. The van der Waals surface area contributed by atoms with Crippen LogP contribution in [-0.2, 0) is 9.53 Å². The fourth-order valence-corrected chi connectivity index (χ4v) is 2.07. The van der Waals surface area contributed by atoms with Crippen molar-refractivity contribution in [3.05, 3.63) is 51.2 Å². The van der Waals surface area contributed by atoms with Gasteiger partial charge in [-0.25, -0.2) is 4.79 Å². The van der Waals surface area contributed by atoms with Gasteiger partial charge >= 0.3 is 5.97 Å². The molecule has 0 aromatic heterocycles. The van der Waals surface area contributed by atoms with Gasteiger partial charge in [0.15, 0.2) is 0 Å². The number of nitrogens with zero attached hydrogens (tertiary/aromatic N) is 1. The van der Waals surface area contributed by atoms with Crippen LogP contribution in [0.1, 0.15) is 38.9 Å². The number of allylic oxidation sites excluding steroid dienone is 1. The molecular weight excluding hydrogens is 300 g/mol. The largest absolute Gasteiger partial charge is 0.463 e. The average Bonchev–Trinajstić information content (AvgIpc) is 2.53. The van der Waals surface area contributed by atoms with Crippen LogP contribution in [0.4, 0.5) is 5.69 Å². The highest BCUT2D eigenvalue weighted by molar-refractivity contribution is 5.89. The number of carbonyl (C=O) groups is 1. The van der Waals surface area contributed by atoms with Gasteiger partial charge in [-0.2, -0.15) is 0 Å². The Morgan fingerprint density at radius 3 is 2.43 bits per heavy atom. The predicted octanol–water partition coefficient (Wildman–Crippen LogP) is 2.46. The molecule has 0 aliphatic carbocycles. The fourth-order valence-electron chi connectivity index (χ4n) is 2.07. The third-order valence-corrected chi connectivity index (χ3v) is 3.38. The maximum Gasteiger partial charge on any atom is 0.335 e. The number of ether oxygens (including phenoxy) is 1. The summed E-state index contributed by atoms with van der Waals surface area (Å²) in [5, 5.41) is 23.7. The molecule has 1 rings (SSSR count). The molecule has 0 unspecified atom stereocenters. The van der Waals surface area contributed by atoms with E-state index in [0.717, 1.165) is 0 Å². The average molecular weight is 322 g/mol. The van der Waals surface area contributed by atoms with Gasteiger partial charge in [-0.3, -0.25) is 10.1 Å². The molecule has 0 spiro atoms. The smallest absolute Gasteiger partial charge is 0.335 e. The molecule has 0 saturated carbocycles. The maximum atomic E-state index is 11.8. The Kier molecular flexibility index (Phi) is 7.21. The molecule has 1 aromatic carbocycles. The van der Waals surface area contributed by atoms with Gasteiger partial charge in [0.1, 0.15) is 0 Å². The maximum absolute atomic E-state index is 11.8. The predicted molar refractivity (Wildman–Crippen MR) is 85.7 cm³/mol. The van der Waals surface area contributed by atoms with Crippen LogP contribution in [-0.4, -0.2) is 29.2 Å². The molecule has 126 valence electrons. The first kappa shape index (κ1) is 18.6. The second-order valence-electron chi connectivity index (χ2n) is 4.92. The number of esters is 1. The van der Waals surface area contributed by atoms with Gasteiger partial charge in [0.05, 0.1) is 23.2 Å². The minimum absolute atomic E-state index is 0.0273. The SMILES string of the molecule is CCOC(=O)/C(CC)=C(/C)NC[C@@H](O)c1ccc([N+](=O)[O-])cc1. The van der Waals surface area contributed by atoms with Crippen molar-refractivity contribution in [2.45, 2.75) is 33.3 Å². The number of nitrogens with one attached hydrogen (secondary N) is 1. The van der Waals surface area contributed by atoms with E-state index >= 15 is 0 Å². The van der Waals surface area contributed by atoms with Crippen molar-refractivity contribution in [2.24, 2.45) is 0 Å². The highest BCUT2D eigenvalue weighted by Crippen LogP contribution is 2.18. The summed E-state index contributed by atoms with van der Waals surface area (Å²) >= 11 is 0. The molecule has 0 heterocycles. The van der Waals surface area contributed by atoms with Crippen LogP contribution in [0.2, 0.25) is 0 Å². The van der Waals surface area contributed by atoms with E-state index in [9.17, 15) is 20.0 Å². The molecule has 2 N–H and O–H groups in total. The van der Waals surface area contributed by atoms with Gasteiger partial charge in [0.2, 0.25) is 0 Å². The van der Waals surface area contributed by atoms with E-state index in [1.54, 1.807) is 13.8 Å². The summed E-state index contributed by atoms with van der Waals surface area (Å²) in [5.41, 5.74) is 1.71. The van der Waals surface area contributed by atoms with E-state index < -0.39 is 11.0 Å². The van der Waals surface area contributed by atoms with Gasteiger partial charge in [0, 0.05) is 24.4 Å². The zero-order chi connectivity index (χ0) is 17.4. The summed E-state index contributed by atoms with van der Waals surface area (Å²) in [6.07, 6.45) is -0.322. The number of aliphatic hydroxyl groups is 1. The van der Waals surface area contributed by atoms with Crippen molar-refractivity contribution < 1.29 is 19.6 Å². The van der Waals surface area contributed by atoms with E-state index in [0.29, 0.717) is 29.9 Å². The molecule has 0 fully saturated rings. The minimum atomic E-state index is -0.842. The molecule has 7 heteroatoms. The summed E-state index contributed by atoms with van der Waals surface area (Å²) in [7, 11) is 0. The lowest BCUT2D eigenvalue weighted by Gasteiger charge is -2.16. The summed E-state index contributed by atoms with van der Waals surface area (Å²) in [4.78, 5) is 21.9. The molecule has 0 saturated heterocycles. The Morgan fingerprint density at radius 2 is 1.96 bits per heavy atom. The molecule has 7 nitrogen and oxygen atoms in total. The summed E-state index contributed by atoms with van der Waals surface area (Å²) < 4.78 is 4.98. The monoisotopic (exact) mass is 322 g/mol. The lowest BCUT2D eigenvalue weighted by Crippen LogP contribution is -2.23. The number of nitro benzene ring substituents is 1. The summed E-state index contributed by atoms with van der Waals surface area (Å²) in [6, 6.07) is 5.71. The first-order valence-corrected chi connectivity index (χ1v) is 7.43. The van der Waals surface area contributed by atoms with Crippen molar-refractivity contribution in [1.82, 2.24) is 5.32 Å². The third kappa shape index (κ3) is 5.37. The quantitative estimate of drug-likeness (QED) is 0.330. The molecule has 1 atom stereocenters. The third-order valence-electron chi connectivity index (χ3n) is 3.38. The van der Waals surface area contributed by atoms with E-state index in [2.05, 4.69) is 5.32 Å². The fraction of sp³-hybridized carbons (Fsp3) is 0.438. The number of aliphatic hydroxyl groups excluding tert-OH is 1. The van der Waals surface area contributed by atoms with Crippen molar-refractivity contribution in [1.29, 1.82) is 0 Å². The van der Waals surface area contributed by atoms with Crippen LogP contribution in [0.15, 0.2) is 35.5 Å². The van der Waals surface area contributed by atoms with E-state index in [1.165, 1.54) is 24.3 Å².